The van der Waals surface area contributed by atoms with Gasteiger partial charge in [0.05, 0.1) is 6.10 Å². The topological polar surface area (TPSA) is 49.5 Å². The highest BCUT2D eigenvalue weighted by molar-refractivity contribution is 4.92. The molecule has 0 radical (unpaired) electrons. The molecule has 0 aliphatic carbocycles. The second-order valence-electron chi connectivity index (χ2n) is 4.80. The summed E-state index contributed by atoms with van der Waals surface area (Å²) in [5, 5.41) is 9.27. The molecule has 1 rings (SSSR count). The molecule has 0 aromatic heterocycles. The third-order valence-electron chi connectivity index (χ3n) is 3.30. The number of β-amino-alcohol motifs (C(OH)–C–C–N with tert-alkyl or cyclic N) is 1. The van der Waals surface area contributed by atoms with E-state index in [2.05, 4.69) is 18.7 Å². The third-order valence-corrected chi connectivity index (χ3v) is 3.30. The number of nitrogens with two attached hydrogens (primary N) is 1. The van der Waals surface area contributed by atoms with E-state index in [1.807, 2.05) is 6.92 Å². The van der Waals surface area contributed by atoms with Crippen LogP contribution in [0.2, 0.25) is 0 Å². The van der Waals surface area contributed by atoms with Crippen LogP contribution in [0.15, 0.2) is 0 Å². The highest BCUT2D eigenvalue weighted by Gasteiger charge is 2.39. The van der Waals surface area contributed by atoms with Crippen molar-refractivity contribution in [2.24, 2.45) is 17.1 Å². The lowest BCUT2D eigenvalue weighted by Gasteiger charge is -2.26. The molecule has 3 nitrogen and oxygen atoms in total. The summed E-state index contributed by atoms with van der Waals surface area (Å²) in [4.78, 5) is 2.31. The molecule has 0 spiro atoms. The lowest BCUT2D eigenvalue weighted by molar-refractivity contribution is 0.134. The van der Waals surface area contributed by atoms with E-state index in [4.69, 9.17) is 5.73 Å². The first kappa shape index (κ1) is 11.0. The van der Waals surface area contributed by atoms with Gasteiger partial charge in [-0.05, 0) is 24.8 Å². The standard InChI is InChI=1S/C10H22N2O/c1-8-4-12(5-9(2)13)7-10(8,3)6-11/h8-9,13H,4-7,11H2,1-3H3/t8?,9-,10?/m0/s1. The molecule has 0 aromatic carbocycles. The number of aliphatic hydroxyl groups excluding tert-OH is 1. The predicted molar refractivity (Wildman–Crippen MR) is 54.4 cm³/mol. The Morgan fingerprint density at radius 1 is 1.69 bits per heavy atom. The second-order valence-corrected chi connectivity index (χ2v) is 4.80. The molecular formula is C10H22N2O. The van der Waals surface area contributed by atoms with Gasteiger partial charge in [-0.2, -0.15) is 0 Å². The lowest BCUT2D eigenvalue weighted by atomic mass is 9.81. The van der Waals surface area contributed by atoms with Crippen LogP contribution in [-0.4, -0.2) is 42.3 Å². The first-order chi connectivity index (χ1) is 5.98. The van der Waals surface area contributed by atoms with Gasteiger partial charge in [-0.1, -0.05) is 13.8 Å². The first-order valence-corrected chi connectivity index (χ1v) is 5.08. The van der Waals surface area contributed by atoms with E-state index in [9.17, 15) is 5.11 Å². The van der Waals surface area contributed by atoms with Crippen LogP contribution in [0.3, 0.4) is 0 Å². The summed E-state index contributed by atoms with van der Waals surface area (Å²) in [5.74, 6) is 0.635. The van der Waals surface area contributed by atoms with Crippen LogP contribution in [0.5, 0.6) is 0 Å². The molecule has 13 heavy (non-hydrogen) atoms. The Kier molecular flexibility index (Phi) is 3.33. The van der Waals surface area contributed by atoms with E-state index in [1.165, 1.54) is 0 Å². The van der Waals surface area contributed by atoms with E-state index in [-0.39, 0.29) is 11.5 Å². The maximum atomic E-state index is 9.27. The molecule has 0 saturated carbocycles. The van der Waals surface area contributed by atoms with Gasteiger partial charge in [0.2, 0.25) is 0 Å². The van der Waals surface area contributed by atoms with Crippen molar-refractivity contribution < 1.29 is 5.11 Å². The smallest absolute Gasteiger partial charge is 0.0639 e. The summed E-state index contributed by atoms with van der Waals surface area (Å²) in [6.07, 6.45) is -0.229. The molecule has 1 saturated heterocycles. The van der Waals surface area contributed by atoms with Crippen molar-refractivity contribution in [1.82, 2.24) is 4.90 Å². The van der Waals surface area contributed by atoms with Gasteiger partial charge in [0.25, 0.3) is 0 Å². The summed E-state index contributed by atoms with van der Waals surface area (Å²) in [6, 6.07) is 0. The summed E-state index contributed by atoms with van der Waals surface area (Å²) in [5.41, 5.74) is 6.01. The molecule has 3 atom stereocenters. The fraction of sp³-hybridized carbons (Fsp3) is 1.00. The van der Waals surface area contributed by atoms with E-state index >= 15 is 0 Å². The fourth-order valence-corrected chi connectivity index (χ4v) is 2.12. The van der Waals surface area contributed by atoms with Crippen LogP contribution >= 0.6 is 0 Å². The molecule has 0 amide bonds. The second kappa shape index (κ2) is 3.95. The number of hydrogen-bond acceptors (Lipinski definition) is 3. The number of aliphatic hydroxyl groups is 1. The van der Waals surface area contributed by atoms with E-state index < -0.39 is 0 Å². The van der Waals surface area contributed by atoms with Crippen molar-refractivity contribution in [3.63, 3.8) is 0 Å². The summed E-state index contributed by atoms with van der Waals surface area (Å²) >= 11 is 0. The van der Waals surface area contributed by atoms with Crippen molar-refractivity contribution in [3.8, 4) is 0 Å². The van der Waals surface area contributed by atoms with Gasteiger partial charge in [0.15, 0.2) is 0 Å². The predicted octanol–water partition coefficient (Wildman–Crippen LogP) is 0.284. The molecule has 3 heteroatoms. The van der Waals surface area contributed by atoms with Crippen molar-refractivity contribution in [2.45, 2.75) is 26.9 Å². The minimum atomic E-state index is -0.229. The Morgan fingerprint density at radius 2 is 2.31 bits per heavy atom. The monoisotopic (exact) mass is 186 g/mol. The van der Waals surface area contributed by atoms with Crippen molar-refractivity contribution in [1.29, 1.82) is 0 Å². The van der Waals surface area contributed by atoms with Gasteiger partial charge in [0, 0.05) is 19.6 Å². The minimum absolute atomic E-state index is 0.229. The van der Waals surface area contributed by atoms with Crippen LogP contribution in [0.4, 0.5) is 0 Å². The zero-order chi connectivity index (χ0) is 10.1. The number of likely N-dealkylation sites (tertiary alicyclic amines) is 1. The Hall–Kier alpha value is -0.120. The van der Waals surface area contributed by atoms with E-state index in [0.717, 1.165) is 26.2 Å². The maximum absolute atomic E-state index is 9.27. The summed E-state index contributed by atoms with van der Waals surface area (Å²) in [6.45, 7) is 9.93. The Bertz CT molecular complexity index is 172. The SMILES string of the molecule is CC1CN(C[C@H](C)O)CC1(C)CN. The Labute approximate surface area is 80.9 Å². The molecule has 1 aliphatic heterocycles. The van der Waals surface area contributed by atoms with Crippen LogP contribution in [0.1, 0.15) is 20.8 Å². The minimum Gasteiger partial charge on any atom is -0.392 e. The van der Waals surface area contributed by atoms with Crippen LogP contribution < -0.4 is 5.73 Å². The number of hydrogen-bond donors (Lipinski definition) is 2. The van der Waals surface area contributed by atoms with Gasteiger partial charge in [-0.15, -0.1) is 0 Å². The maximum Gasteiger partial charge on any atom is 0.0639 e. The Morgan fingerprint density at radius 3 is 2.69 bits per heavy atom. The molecular weight excluding hydrogens is 164 g/mol. The molecule has 2 unspecified atom stereocenters. The van der Waals surface area contributed by atoms with Crippen LogP contribution in [-0.2, 0) is 0 Å². The van der Waals surface area contributed by atoms with Crippen LogP contribution in [0.25, 0.3) is 0 Å². The van der Waals surface area contributed by atoms with Gasteiger partial charge in [-0.3, -0.25) is 4.90 Å². The quantitative estimate of drug-likeness (QED) is 0.666. The van der Waals surface area contributed by atoms with Crippen molar-refractivity contribution in [3.05, 3.63) is 0 Å². The summed E-state index contributed by atoms with van der Waals surface area (Å²) in [7, 11) is 0. The van der Waals surface area contributed by atoms with Gasteiger partial charge in [-0.25, -0.2) is 0 Å². The average molecular weight is 186 g/mol. The average Bonchev–Trinajstić information content (AvgIpc) is 2.27. The van der Waals surface area contributed by atoms with Gasteiger partial charge < -0.3 is 10.8 Å². The molecule has 1 fully saturated rings. The molecule has 78 valence electrons. The number of rotatable bonds is 3. The van der Waals surface area contributed by atoms with E-state index in [1.54, 1.807) is 0 Å². The normalized spacial score (nSPS) is 38.1. The molecule has 0 aromatic rings. The van der Waals surface area contributed by atoms with Crippen molar-refractivity contribution in [2.75, 3.05) is 26.2 Å². The van der Waals surface area contributed by atoms with Crippen molar-refractivity contribution >= 4 is 0 Å². The highest BCUT2D eigenvalue weighted by atomic mass is 16.3. The van der Waals surface area contributed by atoms with Gasteiger partial charge >= 0.3 is 0 Å². The zero-order valence-corrected chi connectivity index (χ0v) is 8.95. The zero-order valence-electron chi connectivity index (χ0n) is 8.95. The fourth-order valence-electron chi connectivity index (χ4n) is 2.12. The molecule has 1 heterocycles. The summed E-state index contributed by atoms with van der Waals surface area (Å²) < 4.78 is 0. The van der Waals surface area contributed by atoms with Crippen LogP contribution in [0, 0.1) is 11.3 Å². The highest BCUT2D eigenvalue weighted by Crippen LogP contribution is 2.34. The largest absolute Gasteiger partial charge is 0.392 e. The molecule has 1 aliphatic rings. The molecule has 0 bridgehead atoms. The van der Waals surface area contributed by atoms with Gasteiger partial charge in [0.1, 0.15) is 0 Å². The molecule has 3 N–H and O–H groups in total. The first-order valence-electron chi connectivity index (χ1n) is 5.08. The third kappa shape index (κ3) is 2.42. The lowest BCUT2D eigenvalue weighted by Crippen LogP contribution is -2.35. The number of nitrogens with zero attached hydrogens (tertiary/aromatic N) is 1. The Balaban J connectivity index is 2.50. The van der Waals surface area contributed by atoms with E-state index in [0.29, 0.717) is 5.92 Å².